The lowest BCUT2D eigenvalue weighted by Gasteiger charge is -2.08. The molecule has 0 aliphatic carbocycles. The smallest absolute Gasteiger partial charge is 0.133 e. The standard InChI is InChI=1S/C12H14BrN3/c13-10-3-2-9-4-7-16-12(11(9)8-10)15-6-1-5-14/h2-4,7-8H,1,5-6,14H2,(H,15,16). The van der Waals surface area contributed by atoms with Crippen molar-refractivity contribution in [3.05, 3.63) is 34.9 Å². The number of halogens is 1. The fourth-order valence-electron chi connectivity index (χ4n) is 1.59. The van der Waals surface area contributed by atoms with Crippen molar-refractivity contribution in [2.24, 2.45) is 5.73 Å². The van der Waals surface area contributed by atoms with E-state index in [0.29, 0.717) is 6.54 Å². The Kier molecular flexibility index (Phi) is 3.74. The summed E-state index contributed by atoms with van der Waals surface area (Å²) in [6, 6.07) is 8.20. The summed E-state index contributed by atoms with van der Waals surface area (Å²) in [4.78, 5) is 4.35. The van der Waals surface area contributed by atoms with E-state index in [0.717, 1.165) is 28.6 Å². The molecule has 0 saturated heterocycles. The number of anilines is 1. The van der Waals surface area contributed by atoms with Crippen LogP contribution in [0.2, 0.25) is 0 Å². The largest absolute Gasteiger partial charge is 0.370 e. The first-order chi connectivity index (χ1) is 7.81. The first-order valence-electron chi connectivity index (χ1n) is 5.29. The summed E-state index contributed by atoms with van der Waals surface area (Å²) >= 11 is 3.47. The molecule has 0 atom stereocenters. The van der Waals surface area contributed by atoms with Gasteiger partial charge in [0, 0.05) is 22.6 Å². The molecule has 0 radical (unpaired) electrons. The van der Waals surface area contributed by atoms with Crippen molar-refractivity contribution in [1.29, 1.82) is 0 Å². The molecule has 0 fully saturated rings. The lowest BCUT2D eigenvalue weighted by Crippen LogP contribution is -2.09. The Morgan fingerprint density at radius 2 is 2.19 bits per heavy atom. The van der Waals surface area contributed by atoms with E-state index in [-0.39, 0.29) is 0 Å². The van der Waals surface area contributed by atoms with E-state index in [1.54, 1.807) is 0 Å². The molecule has 0 amide bonds. The van der Waals surface area contributed by atoms with Crippen LogP contribution < -0.4 is 11.1 Å². The normalized spacial score (nSPS) is 10.6. The molecule has 0 aliphatic rings. The number of aromatic nitrogens is 1. The van der Waals surface area contributed by atoms with Crippen LogP contribution in [0.4, 0.5) is 5.82 Å². The summed E-state index contributed by atoms with van der Waals surface area (Å²) in [6.07, 6.45) is 2.77. The molecule has 0 unspecified atom stereocenters. The van der Waals surface area contributed by atoms with Gasteiger partial charge in [0.15, 0.2) is 0 Å². The van der Waals surface area contributed by atoms with Crippen molar-refractivity contribution >= 4 is 32.5 Å². The highest BCUT2D eigenvalue weighted by molar-refractivity contribution is 9.10. The van der Waals surface area contributed by atoms with Gasteiger partial charge in [0.05, 0.1) is 0 Å². The number of hydrogen-bond acceptors (Lipinski definition) is 3. The van der Waals surface area contributed by atoms with E-state index in [2.05, 4.69) is 38.4 Å². The third-order valence-electron chi connectivity index (χ3n) is 2.40. The number of benzene rings is 1. The Hall–Kier alpha value is -1.13. The number of pyridine rings is 1. The summed E-state index contributed by atoms with van der Waals surface area (Å²) in [5, 5.41) is 5.63. The minimum Gasteiger partial charge on any atom is -0.370 e. The minimum absolute atomic E-state index is 0.696. The number of nitrogens with zero attached hydrogens (tertiary/aromatic N) is 1. The van der Waals surface area contributed by atoms with Gasteiger partial charge in [-0.05, 0) is 36.6 Å². The van der Waals surface area contributed by atoms with E-state index in [1.165, 1.54) is 5.39 Å². The average Bonchev–Trinajstić information content (AvgIpc) is 2.30. The lowest BCUT2D eigenvalue weighted by atomic mass is 10.1. The molecule has 84 valence electrons. The number of hydrogen-bond donors (Lipinski definition) is 2. The van der Waals surface area contributed by atoms with E-state index in [4.69, 9.17) is 5.73 Å². The SMILES string of the molecule is NCCCNc1nccc2ccc(Br)cc12. The van der Waals surface area contributed by atoms with Crippen molar-refractivity contribution in [2.45, 2.75) is 6.42 Å². The van der Waals surface area contributed by atoms with Crippen LogP contribution in [0, 0.1) is 0 Å². The van der Waals surface area contributed by atoms with Gasteiger partial charge in [0.1, 0.15) is 5.82 Å². The molecule has 16 heavy (non-hydrogen) atoms. The Morgan fingerprint density at radius 1 is 1.31 bits per heavy atom. The van der Waals surface area contributed by atoms with Crippen molar-refractivity contribution < 1.29 is 0 Å². The fourth-order valence-corrected chi connectivity index (χ4v) is 1.95. The quantitative estimate of drug-likeness (QED) is 0.847. The van der Waals surface area contributed by atoms with Crippen LogP contribution in [0.15, 0.2) is 34.9 Å². The summed E-state index contributed by atoms with van der Waals surface area (Å²) in [6.45, 7) is 1.55. The van der Waals surface area contributed by atoms with Gasteiger partial charge in [-0.25, -0.2) is 4.98 Å². The first kappa shape index (κ1) is 11.4. The minimum atomic E-state index is 0.696. The summed E-state index contributed by atoms with van der Waals surface area (Å²) in [5.74, 6) is 0.923. The molecule has 3 nitrogen and oxygen atoms in total. The van der Waals surface area contributed by atoms with Crippen LogP contribution in [-0.2, 0) is 0 Å². The summed E-state index contributed by atoms with van der Waals surface area (Å²) in [5.41, 5.74) is 5.46. The maximum Gasteiger partial charge on any atom is 0.133 e. The van der Waals surface area contributed by atoms with E-state index < -0.39 is 0 Å². The van der Waals surface area contributed by atoms with Gasteiger partial charge in [0.2, 0.25) is 0 Å². The number of rotatable bonds is 4. The monoisotopic (exact) mass is 279 g/mol. The molecule has 1 aromatic carbocycles. The van der Waals surface area contributed by atoms with Crippen molar-refractivity contribution in [3.63, 3.8) is 0 Å². The van der Waals surface area contributed by atoms with Crippen molar-refractivity contribution in [3.8, 4) is 0 Å². The zero-order valence-electron chi connectivity index (χ0n) is 8.91. The molecule has 0 bridgehead atoms. The molecular formula is C12H14BrN3. The molecule has 0 aliphatic heterocycles. The summed E-state index contributed by atoms with van der Waals surface area (Å²) in [7, 11) is 0. The second-order valence-electron chi connectivity index (χ2n) is 3.59. The van der Waals surface area contributed by atoms with Crippen molar-refractivity contribution in [2.75, 3.05) is 18.4 Å². The zero-order valence-corrected chi connectivity index (χ0v) is 10.5. The maximum atomic E-state index is 5.46. The van der Waals surface area contributed by atoms with Crippen LogP contribution in [0.3, 0.4) is 0 Å². The van der Waals surface area contributed by atoms with Crippen LogP contribution >= 0.6 is 15.9 Å². The molecule has 3 N–H and O–H groups in total. The highest BCUT2D eigenvalue weighted by Crippen LogP contribution is 2.24. The van der Waals surface area contributed by atoms with Gasteiger partial charge in [-0.1, -0.05) is 22.0 Å². The number of nitrogens with one attached hydrogen (secondary N) is 1. The maximum absolute atomic E-state index is 5.46. The number of fused-ring (bicyclic) bond motifs is 1. The van der Waals surface area contributed by atoms with Gasteiger partial charge < -0.3 is 11.1 Å². The summed E-state index contributed by atoms with van der Waals surface area (Å²) < 4.78 is 1.06. The Bertz CT molecular complexity index is 485. The predicted molar refractivity (Wildman–Crippen MR) is 71.6 cm³/mol. The van der Waals surface area contributed by atoms with E-state index >= 15 is 0 Å². The second kappa shape index (κ2) is 5.27. The molecule has 2 aromatic rings. The predicted octanol–water partition coefficient (Wildman–Crippen LogP) is 2.76. The van der Waals surface area contributed by atoms with Gasteiger partial charge in [-0.2, -0.15) is 0 Å². The highest BCUT2D eigenvalue weighted by Gasteiger charge is 2.01. The van der Waals surface area contributed by atoms with Gasteiger partial charge >= 0.3 is 0 Å². The average molecular weight is 280 g/mol. The van der Waals surface area contributed by atoms with Crippen LogP contribution in [0.25, 0.3) is 10.8 Å². The molecule has 1 heterocycles. The zero-order chi connectivity index (χ0) is 11.4. The third kappa shape index (κ3) is 2.51. The first-order valence-corrected chi connectivity index (χ1v) is 6.09. The molecule has 0 saturated carbocycles. The fraction of sp³-hybridized carbons (Fsp3) is 0.250. The van der Waals surface area contributed by atoms with Gasteiger partial charge in [-0.15, -0.1) is 0 Å². The van der Waals surface area contributed by atoms with E-state index in [1.807, 2.05) is 18.3 Å². The third-order valence-corrected chi connectivity index (χ3v) is 2.89. The van der Waals surface area contributed by atoms with Gasteiger partial charge in [-0.3, -0.25) is 0 Å². The lowest BCUT2D eigenvalue weighted by molar-refractivity contribution is 0.871. The van der Waals surface area contributed by atoms with Crippen LogP contribution in [-0.4, -0.2) is 18.1 Å². The second-order valence-corrected chi connectivity index (χ2v) is 4.51. The van der Waals surface area contributed by atoms with Gasteiger partial charge in [0.25, 0.3) is 0 Å². The molecule has 2 rings (SSSR count). The number of nitrogens with two attached hydrogens (primary N) is 1. The van der Waals surface area contributed by atoms with Crippen LogP contribution in [0.5, 0.6) is 0 Å². The molecular weight excluding hydrogens is 266 g/mol. The highest BCUT2D eigenvalue weighted by atomic mass is 79.9. The van der Waals surface area contributed by atoms with E-state index in [9.17, 15) is 0 Å². The van der Waals surface area contributed by atoms with Crippen LogP contribution in [0.1, 0.15) is 6.42 Å². The Morgan fingerprint density at radius 3 is 3.00 bits per heavy atom. The molecule has 4 heteroatoms. The Labute approximate surface area is 103 Å². The Balaban J connectivity index is 2.32. The molecule has 0 spiro atoms. The molecule has 1 aromatic heterocycles. The van der Waals surface area contributed by atoms with Crippen molar-refractivity contribution in [1.82, 2.24) is 4.98 Å². The topological polar surface area (TPSA) is 50.9 Å².